The molecule has 17 heavy (non-hydrogen) atoms. The third-order valence-corrected chi connectivity index (χ3v) is 1.98. The molecule has 94 valence electrons. The fourth-order valence-corrected chi connectivity index (χ4v) is 1.17. The Bertz CT molecular complexity index is 404. The van der Waals surface area contributed by atoms with Crippen molar-refractivity contribution in [2.24, 2.45) is 7.05 Å². The average Bonchev–Trinajstić information content (AvgIpc) is 2.62. The van der Waals surface area contributed by atoms with Crippen molar-refractivity contribution in [2.45, 2.75) is 25.8 Å². The SMILES string of the molecule is CCC(CC(=O)O)NC(=O)Nc1nnn(C)n1. The van der Waals surface area contributed by atoms with E-state index in [0.29, 0.717) is 6.42 Å². The molecule has 0 bridgehead atoms. The molecule has 3 N–H and O–H groups in total. The smallest absolute Gasteiger partial charge is 0.321 e. The summed E-state index contributed by atoms with van der Waals surface area (Å²) in [5.41, 5.74) is 0. The first kappa shape index (κ1) is 12.9. The van der Waals surface area contributed by atoms with E-state index in [4.69, 9.17) is 5.11 Å². The van der Waals surface area contributed by atoms with Gasteiger partial charge in [-0.25, -0.2) is 4.79 Å². The highest BCUT2D eigenvalue weighted by Gasteiger charge is 2.14. The number of aromatic nitrogens is 4. The van der Waals surface area contributed by atoms with Crippen molar-refractivity contribution < 1.29 is 14.7 Å². The monoisotopic (exact) mass is 242 g/mol. The van der Waals surface area contributed by atoms with E-state index in [9.17, 15) is 9.59 Å². The molecule has 1 aromatic rings. The maximum absolute atomic E-state index is 11.4. The van der Waals surface area contributed by atoms with Crippen LogP contribution in [0, 0.1) is 0 Å². The van der Waals surface area contributed by atoms with Gasteiger partial charge in [0, 0.05) is 6.04 Å². The second-order valence-corrected chi connectivity index (χ2v) is 3.40. The Labute approximate surface area is 97.2 Å². The number of carbonyl (C=O) groups is 2. The summed E-state index contributed by atoms with van der Waals surface area (Å²) in [5, 5.41) is 24.3. The number of aryl methyl sites for hydroxylation is 1. The van der Waals surface area contributed by atoms with Crippen LogP contribution < -0.4 is 10.6 Å². The molecule has 0 aliphatic heterocycles. The van der Waals surface area contributed by atoms with Crippen LogP contribution in [0.25, 0.3) is 0 Å². The molecule has 9 heteroatoms. The van der Waals surface area contributed by atoms with Gasteiger partial charge in [-0.2, -0.15) is 4.80 Å². The lowest BCUT2D eigenvalue weighted by atomic mass is 10.1. The van der Waals surface area contributed by atoms with E-state index in [1.54, 1.807) is 14.0 Å². The van der Waals surface area contributed by atoms with Crippen molar-refractivity contribution in [2.75, 3.05) is 5.32 Å². The normalized spacial score (nSPS) is 11.9. The molecule has 0 saturated carbocycles. The third-order valence-electron chi connectivity index (χ3n) is 1.98. The molecule has 0 fully saturated rings. The predicted octanol–water partition coefficient (Wildman–Crippen LogP) is -0.415. The number of carboxylic acids is 1. The lowest BCUT2D eigenvalue weighted by Crippen LogP contribution is -2.39. The fraction of sp³-hybridized carbons (Fsp3) is 0.625. The Hall–Kier alpha value is -2.19. The van der Waals surface area contributed by atoms with Crippen LogP contribution in [0.15, 0.2) is 0 Å². The molecule has 1 heterocycles. The van der Waals surface area contributed by atoms with Crippen LogP contribution in [0.3, 0.4) is 0 Å². The number of tetrazole rings is 1. The Kier molecular flexibility index (Phi) is 4.37. The summed E-state index contributed by atoms with van der Waals surface area (Å²) in [5.74, 6) is -0.898. The third kappa shape index (κ3) is 4.45. The van der Waals surface area contributed by atoms with Crippen LogP contribution in [0.5, 0.6) is 0 Å². The number of hydrogen-bond acceptors (Lipinski definition) is 5. The van der Waals surface area contributed by atoms with E-state index in [-0.39, 0.29) is 12.4 Å². The Balaban J connectivity index is 2.45. The number of carboxylic acid groups (broad SMARTS) is 1. The first-order valence-electron chi connectivity index (χ1n) is 5.04. The molecule has 0 aliphatic rings. The lowest BCUT2D eigenvalue weighted by Gasteiger charge is -2.13. The first-order valence-corrected chi connectivity index (χ1v) is 5.04. The second kappa shape index (κ2) is 5.77. The maximum Gasteiger partial charge on any atom is 0.321 e. The Morgan fingerprint density at radius 2 is 2.24 bits per heavy atom. The van der Waals surface area contributed by atoms with Crippen molar-refractivity contribution >= 4 is 17.9 Å². The fourth-order valence-electron chi connectivity index (χ4n) is 1.17. The van der Waals surface area contributed by atoms with E-state index in [1.807, 2.05) is 0 Å². The molecule has 0 aliphatic carbocycles. The maximum atomic E-state index is 11.4. The molecule has 0 radical (unpaired) electrons. The van der Waals surface area contributed by atoms with E-state index in [0.717, 1.165) is 0 Å². The van der Waals surface area contributed by atoms with Gasteiger partial charge in [0.25, 0.3) is 5.95 Å². The summed E-state index contributed by atoms with van der Waals surface area (Å²) in [7, 11) is 1.56. The molecule has 0 saturated heterocycles. The Morgan fingerprint density at radius 3 is 2.71 bits per heavy atom. The standard InChI is InChI=1S/C8H14N6O3/c1-3-5(4-6(15)16)9-8(17)10-7-11-13-14(2)12-7/h5H,3-4H2,1-2H3,(H,15,16)(H2,9,10,12,17). The zero-order valence-electron chi connectivity index (χ0n) is 9.54. The van der Waals surface area contributed by atoms with E-state index in [2.05, 4.69) is 26.0 Å². The van der Waals surface area contributed by atoms with Gasteiger partial charge in [0.15, 0.2) is 0 Å². The van der Waals surface area contributed by atoms with Crippen LogP contribution in [-0.2, 0) is 11.8 Å². The van der Waals surface area contributed by atoms with Crippen molar-refractivity contribution in [3.63, 3.8) is 0 Å². The second-order valence-electron chi connectivity index (χ2n) is 3.40. The highest BCUT2D eigenvalue weighted by molar-refractivity contribution is 5.87. The number of hydrogen-bond donors (Lipinski definition) is 3. The molecular weight excluding hydrogens is 228 g/mol. The van der Waals surface area contributed by atoms with Gasteiger partial charge in [0.2, 0.25) is 0 Å². The van der Waals surface area contributed by atoms with Gasteiger partial charge in [0.05, 0.1) is 13.5 Å². The molecule has 1 rings (SSSR count). The number of aliphatic carboxylic acids is 1. The number of nitrogens with zero attached hydrogens (tertiary/aromatic N) is 4. The lowest BCUT2D eigenvalue weighted by molar-refractivity contribution is -0.137. The summed E-state index contributed by atoms with van der Waals surface area (Å²) in [4.78, 5) is 23.1. The number of nitrogens with one attached hydrogen (secondary N) is 2. The summed E-state index contributed by atoms with van der Waals surface area (Å²) in [6, 6.07) is -0.977. The van der Waals surface area contributed by atoms with Crippen molar-refractivity contribution in [1.29, 1.82) is 0 Å². The van der Waals surface area contributed by atoms with Crippen molar-refractivity contribution in [3.05, 3.63) is 0 Å². The summed E-state index contributed by atoms with van der Waals surface area (Å²) >= 11 is 0. The molecule has 1 unspecified atom stereocenters. The number of anilines is 1. The quantitative estimate of drug-likeness (QED) is 0.644. The van der Waals surface area contributed by atoms with Gasteiger partial charge in [0.1, 0.15) is 0 Å². The molecule has 2 amide bonds. The largest absolute Gasteiger partial charge is 0.481 e. The predicted molar refractivity (Wildman–Crippen MR) is 57.3 cm³/mol. The van der Waals surface area contributed by atoms with E-state index in [1.165, 1.54) is 4.80 Å². The van der Waals surface area contributed by atoms with Crippen molar-refractivity contribution in [3.8, 4) is 0 Å². The molecule has 9 nitrogen and oxygen atoms in total. The number of carbonyl (C=O) groups excluding carboxylic acids is 1. The van der Waals surface area contributed by atoms with Gasteiger partial charge in [-0.3, -0.25) is 10.1 Å². The number of amides is 2. The highest BCUT2D eigenvalue weighted by atomic mass is 16.4. The molecular formula is C8H14N6O3. The van der Waals surface area contributed by atoms with Gasteiger partial charge in [-0.1, -0.05) is 12.0 Å². The van der Waals surface area contributed by atoms with Gasteiger partial charge in [-0.15, -0.1) is 5.10 Å². The highest BCUT2D eigenvalue weighted by Crippen LogP contribution is 1.99. The van der Waals surface area contributed by atoms with Crippen LogP contribution in [0.1, 0.15) is 19.8 Å². The van der Waals surface area contributed by atoms with Gasteiger partial charge in [-0.05, 0) is 11.6 Å². The minimum Gasteiger partial charge on any atom is -0.481 e. The van der Waals surface area contributed by atoms with Crippen LogP contribution in [-0.4, -0.2) is 43.4 Å². The van der Waals surface area contributed by atoms with Crippen LogP contribution >= 0.6 is 0 Å². The van der Waals surface area contributed by atoms with E-state index < -0.39 is 18.0 Å². The average molecular weight is 242 g/mol. The molecule has 0 spiro atoms. The molecule has 0 aromatic carbocycles. The molecule has 1 aromatic heterocycles. The topological polar surface area (TPSA) is 122 Å². The van der Waals surface area contributed by atoms with Gasteiger partial charge < -0.3 is 10.4 Å². The van der Waals surface area contributed by atoms with E-state index >= 15 is 0 Å². The summed E-state index contributed by atoms with van der Waals surface area (Å²) < 4.78 is 0. The minimum atomic E-state index is -0.963. The van der Waals surface area contributed by atoms with Crippen molar-refractivity contribution in [1.82, 2.24) is 25.5 Å². The first-order chi connectivity index (χ1) is 8.01. The summed E-state index contributed by atoms with van der Waals surface area (Å²) in [6.45, 7) is 1.79. The zero-order chi connectivity index (χ0) is 12.8. The van der Waals surface area contributed by atoms with Crippen LogP contribution in [0.4, 0.5) is 10.7 Å². The minimum absolute atomic E-state index is 0.0650. The van der Waals surface area contributed by atoms with Gasteiger partial charge >= 0.3 is 12.0 Å². The summed E-state index contributed by atoms with van der Waals surface area (Å²) in [6.07, 6.45) is 0.394. The number of rotatable bonds is 5. The Morgan fingerprint density at radius 1 is 1.53 bits per heavy atom. The number of urea groups is 1. The zero-order valence-corrected chi connectivity index (χ0v) is 9.54. The van der Waals surface area contributed by atoms with Crippen LogP contribution in [0.2, 0.25) is 0 Å². The molecule has 1 atom stereocenters.